The number of sulfonamides is 1. The van der Waals surface area contributed by atoms with Gasteiger partial charge < -0.3 is 10.1 Å². The van der Waals surface area contributed by atoms with E-state index < -0.39 is 39.9 Å². The Morgan fingerprint density at radius 2 is 1.87 bits per heavy atom. The number of rotatable bonds is 9. The van der Waals surface area contributed by atoms with Crippen LogP contribution in [0.1, 0.15) is 17.5 Å². The fraction of sp³-hybridized carbons (Fsp3) is 0.350. The molecule has 0 saturated carbocycles. The van der Waals surface area contributed by atoms with Gasteiger partial charge in [0.2, 0.25) is 15.9 Å². The van der Waals surface area contributed by atoms with E-state index in [-0.39, 0.29) is 11.6 Å². The molecule has 0 aromatic heterocycles. The minimum atomic E-state index is -4.69. The molecule has 0 atom stereocenters. The molecule has 0 aliphatic rings. The van der Waals surface area contributed by atoms with Crippen molar-refractivity contribution in [2.45, 2.75) is 19.0 Å². The number of anilines is 1. The van der Waals surface area contributed by atoms with Crippen LogP contribution in [0.4, 0.5) is 18.9 Å². The molecule has 0 fully saturated rings. The molecule has 0 radical (unpaired) electrons. The summed E-state index contributed by atoms with van der Waals surface area (Å²) in [6.07, 6.45) is -2.74. The minimum Gasteiger partial charge on any atom is -0.496 e. The van der Waals surface area contributed by atoms with E-state index in [9.17, 15) is 26.4 Å². The molecule has 0 unspecified atom stereocenters. The van der Waals surface area contributed by atoms with Crippen LogP contribution in [-0.2, 0) is 27.4 Å². The molecule has 2 rings (SSSR count). The fourth-order valence-electron chi connectivity index (χ4n) is 2.86. The molecule has 0 aliphatic carbocycles. The Labute approximate surface area is 184 Å². The third-order valence-electron chi connectivity index (χ3n) is 4.37. The second-order valence-corrected chi connectivity index (χ2v) is 9.01. The van der Waals surface area contributed by atoms with Crippen LogP contribution in [0.2, 0.25) is 5.02 Å². The van der Waals surface area contributed by atoms with Gasteiger partial charge in [-0.25, -0.2) is 8.42 Å². The van der Waals surface area contributed by atoms with Gasteiger partial charge >= 0.3 is 6.18 Å². The molecule has 0 heterocycles. The van der Waals surface area contributed by atoms with Gasteiger partial charge in [0.05, 0.1) is 29.6 Å². The molecule has 1 N–H and O–H groups in total. The highest BCUT2D eigenvalue weighted by atomic mass is 35.5. The summed E-state index contributed by atoms with van der Waals surface area (Å²) in [5.41, 5.74) is -0.534. The van der Waals surface area contributed by atoms with Crippen LogP contribution in [0.25, 0.3) is 0 Å². The van der Waals surface area contributed by atoms with Crippen molar-refractivity contribution in [3.05, 3.63) is 58.6 Å². The average molecular weight is 479 g/mol. The summed E-state index contributed by atoms with van der Waals surface area (Å²) in [4.78, 5) is 12.3. The molecule has 2 aromatic carbocycles. The highest BCUT2D eigenvalue weighted by Crippen LogP contribution is 2.36. The Bertz CT molecular complexity index is 1030. The first-order chi connectivity index (χ1) is 14.4. The number of benzene rings is 2. The summed E-state index contributed by atoms with van der Waals surface area (Å²) < 4.78 is 69.2. The maximum Gasteiger partial charge on any atom is 0.416 e. The zero-order chi connectivity index (χ0) is 23.2. The zero-order valence-corrected chi connectivity index (χ0v) is 18.4. The van der Waals surface area contributed by atoms with Gasteiger partial charge in [0.15, 0.2) is 0 Å². The highest BCUT2D eigenvalue weighted by Gasteiger charge is 2.33. The molecule has 0 aliphatic heterocycles. The van der Waals surface area contributed by atoms with Crippen molar-refractivity contribution in [2.24, 2.45) is 0 Å². The number of para-hydroxylation sites is 1. The third kappa shape index (κ3) is 7.03. The number of aryl methyl sites for hydroxylation is 1. The van der Waals surface area contributed by atoms with E-state index in [1.54, 1.807) is 7.11 Å². The quantitative estimate of drug-likeness (QED) is 0.555. The number of carbonyl (C=O) groups excluding carboxylic acids is 1. The number of nitrogens with one attached hydrogen (secondary N) is 1. The van der Waals surface area contributed by atoms with E-state index in [0.717, 1.165) is 29.7 Å². The predicted molar refractivity (Wildman–Crippen MR) is 113 cm³/mol. The third-order valence-corrected chi connectivity index (χ3v) is 5.81. The van der Waals surface area contributed by atoms with Crippen LogP contribution in [-0.4, -0.2) is 40.8 Å². The lowest BCUT2D eigenvalue weighted by Crippen LogP contribution is -2.41. The predicted octanol–water partition coefficient (Wildman–Crippen LogP) is 3.88. The van der Waals surface area contributed by atoms with Crippen LogP contribution in [0.5, 0.6) is 5.75 Å². The number of hydrogen-bond donors (Lipinski definition) is 1. The number of amides is 1. The van der Waals surface area contributed by atoms with Crippen LogP contribution in [0, 0.1) is 0 Å². The smallest absolute Gasteiger partial charge is 0.416 e. The Hall–Kier alpha value is -2.46. The number of nitrogens with zero attached hydrogens (tertiary/aromatic N) is 1. The van der Waals surface area contributed by atoms with E-state index in [1.165, 1.54) is 0 Å². The molecule has 31 heavy (non-hydrogen) atoms. The average Bonchev–Trinajstić information content (AvgIpc) is 2.68. The second kappa shape index (κ2) is 10.2. The lowest BCUT2D eigenvalue weighted by Gasteiger charge is -2.24. The SMILES string of the molecule is COc1ccccc1CCCNC(=O)CN(c1cc(C(F)(F)F)ccc1Cl)S(C)(=O)=O. The van der Waals surface area contributed by atoms with Crippen LogP contribution in [0.15, 0.2) is 42.5 Å². The van der Waals surface area contributed by atoms with Gasteiger partial charge in [0.25, 0.3) is 0 Å². The van der Waals surface area contributed by atoms with Crippen molar-refractivity contribution in [3.63, 3.8) is 0 Å². The van der Waals surface area contributed by atoms with E-state index >= 15 is 0 Å². The van der Waals surface area contributed by atoms with Crippen LogP contribution in [0.3, 0.4) is 0 Å². The Morgan fingerprint density at radius 1 is 1.19 bits per heavy atom. The molecule has 6 nitrogen and oxygen atoms in total. The van der Waals surface area contributed by atoms with E-state index in [1.807, 2.05) is 24.3 Å². The first-order valence-electron chi connectivity index (χ1n) is 9.16. The lowest BCUT2D eigenvalue weighted by atomic mass is 10.1. The van der Waals surface area contributed by atoms with Crippen LogP contribution < -0.4 is 14.4 Å². The van der Waals surface area contributed by atoms with Gasteiger partial charge in [-0.15, -0.1) is 0 Å². The standard InChI is InChI=1S/C20H22ClF3N2O4S/c1-30-18-8-4-3-6-14(18)7-5-11-25-19(27)13-26(31(2,28)29)17-12-15(20(22,23)24)9-10-16(17)21/h3-4,6,8-10,12H,5,7,11,13H2,1-2H3,(H,25,27). The van der Waals surface area contributed by atoms with Gasteiger partial charge in [-0.2, -0.15) is 13.2 Å². The maximum absolute atomic E-state index is 13.0. The number of hydrogen-bond acceptors (Lipinski definition) is 4. The second-order valence-electron chi connectivity index (χ2n) is 6.70. The number of ether oxygens (including phenoxy) is 1. The summed E-state index contributed by atoms with van der Waals surface area (Å²) in [7, 11) is -2.52. The van der Waals surface area contributed by atoms with Crippen LogP contribution >= 0.6 is 11.6 Å². The van der Waals surface area contributed by atoms with Gasteiger partial charge in [0, 0.05) is 6.54 Å². The monoisotopic (exact) mass is 478 g/mol. The van der Waals surface area contributed by atoms with Crippen molar-refractivity contribution in [3.8, 4) is 5.75 Å². The lowest BCUT2D eigenvalue weighted by molar-refractivity contribution is -0.137. The van der Waals surface area contributed by atoms with Gasteiger partial charge in [-0.05, 0) is 42.7 Å². The molecule has 11 heteroatoms. The number of alkyl halides is 3. The normalized spacial score (nSPS) is 11.8. The minimum absolute atomic E-state index is 0.220. The van der Waals surface area contributed by atoms with Gasteiger partial charge in [0.1, 0.15) is 12.3 Å². The van der Waals surface area contributed by atoms with E-state index in [0.29, 0.717) is 23.2 Å². The highest BCUT2D eigenvalue weighted by molar-refractivity contribution is 7.92. The molecule has 2 aromatic rings. The summed E-state index contributed by atoms with van der Waals surface area (Å²) >= 11 is 5.94. The summed E-state index contributed by atoms with van der Waals surface area (Å²) in [5, 5.41) is 2.36. The Balaban J connectivity index is 2.06. The maximum atomic E-state index is 13.0. The number of methoxy groups -OCH3 is 1. The zero-order valence-electron chi connectivity index (χ0n) is 16.9. The first kappa shape index (κ1) is 24.8. The summed E-state index contributed by atoms with van der Waals surface area (Å²) in [6.45, 7) is -0.459. The molecule has 170 valence electrons. The summed E-state index contributed by atoms with van der Waals surface area (Å²) in [6, 6.07) is 9.70. The molecular weight excluding hydrogens is 457 g/mol. The summed E-state index contributed by atoms with van der Waals surface area (Å²) in [5.74, 6) is 0.0511. The van der Waals surface area contributed by atoms with Crippen molar-refractivity contribution in [1.82, 2.24) is 5.32 Å². The molecule has 0 spiro atoms. The molecule has 0 saturated heterocycles. The topological polar surface area (TPSA) is 75.7 Å². The van der Waals surface area contributed by atoms with Gasteiger partial charge in [-0.1, -0.05) is 29.8 Å². The molecule has 1 amide bonds. The van der Waals surface area contributed by atoms with Crippen molar-refractivity contribution in [2.75, 3.05) is 30.8 Å². The van der Waals surface area contributed by atoms with E-state index in [2.05, 4.69) is 5.32 Å². The largest absolute Gasteiger partial charge is 0.496 e. The Kier molecular flexibility index (Phi) is 8.19. The molecular formula is C20H22ClF3N2O4S. The van der Waals surface area contributed by atoms with Crippen molar-refractivity contribution in [1.29, 1.82) is 0 Å². The van der Waals surface area contributed by atoms with Gasteiger partial charge in [-0.3, -0.25) is 9.10 Å². The number of halogens is 4. The van der Waals surface area contributed by atoms with Crippen molar-refractivity contribution >= 4 is 33.2 Å². The fourth-order valence-corrected chi connectivity index (χ4v) is 3.99. The number of carbonyl (C=O) groups is 1. The Morgan fingerprint density at radius 3 is 2.48 bits per heavy atom. The molecule has 0 bridgehead atoms. The van der Waals surface area contributed by atoms with E-state index in [4.69, 9.17) is 16.3 Å². The van der Waals surface area contributed by atoms with Crippen molar-refractivity contribution < 1.29 is 31.1 Å². The first-order valence-corrected chi connectivity index (χ1v) is 11.4.